The summed E-state index contributed by atoms with van der Waals surface area (Å²) >= 11 is 0. The molecule has 1 aliphatic heterocycles. The quantitative estimate of drug-likeness (QED) is 0.837. The number of fused-ring (bicyclic) bond motifs is 4. The Balaban J connectivity index is 1.50. The molecule has 6 atom stereocenters. The van der Waals surface area contributed by atoms with Gasteiger partial charge in [-0.1, -0.05) is 12.5 Å². The maximum Gasteiger partial charge on any atom is 0.190 e. The Bertz CT molecular complexity index is 681. The van der Waals surface area contributed by atoms with Crippen molar-refractivity contribution in [2.75, 3.05) is 13.2 Å². The first-order chi connectivity index (χ1) is 12.0. The maximum absolute atomic E-state index is 12.5. The Hall–Kier alpha value is -1.00. The van der Waals surface area contributed by atoms with Crippen LogP contribution in [0.1, 0.15) is 58.3 Å². The van der Waals surface area contributed by atoms with Crippen molar-refractivity contribution >= 4 is 11.6 Å². The molecule has 0 aromatic rings. The van der Waals surface area contributed by atoms with E-state index in [-0.39, 0.29) is 16.6 Å². The van der Waals surface area contributed by atoms with Crippen LogP contribution in [0.15, 0.2) is 11.6 Å². The Morgan fingerprint density at radius 1 is 1.20 bits per heavy atom. The zero-order valence-corrected chi connectivity index (χ0v) is 15.1. The predicted octanol–water partition coefficient (Wildman–Crippen LogP) is 2.83. The van der Waals surface area contributed by atoms with Crippen LogP contribution in [0.2, 0.25) is 0 Å². The van der Waals surface area contributed by atoms with Gasteiger partial charge in [0, 0.05) is 11.8 Å². The Labute approximate surface area is 149 Å². The second kappa shape index (κ2) is 5.04. The number of hydrogen-bond acceptors (Lipinski definition) is 4. The Morgan fingerprint density at radius 2 is 2.00 bits per heavy atom. The molecule has 4 fully saturated rings. The van der Waals surface area contributed by atoms with Crippen LogP contribution in [0.3, 0.4) is 0 Å². The van der Waals surface area contributed by atoms with E-state index in [1.165, 1.54) is 5.57 Å². The molecule has 1 saturated heterocycles. The van der Waals surface area contributed by atoms with Crippen LogP contribution < -0.4 is 0 Å². The summed E-state index contributed by atoms with van der Waals surface area (Å²) in [5, 5.41) is 9.48. The molecule has 1 N–H and O–H groups in total. The van der Waals surface area contributed by atoms with Crippen LogP contribution in [-0.4, -0.2) is 35.5 Å². The third-order valence-corrected chi connectivity index (χ3v) is 8.95. The minimum absolute atomic E-state index is 0.0178. The Morgan fingerprint density at radius 3 is 2.72 bits per heavy atom. The molecule has 0 radical (unpaired) electrons. The van der Waals surface area contributed by atoms with Gasteiger partial charge >= 0.3 is 0 Å². The van der Waals surface area contributed by atoms with E-state index >= 15 is 0 Å². The number of carbonyl (C=O) groups is 2. The van der Waals surface area contributed by atoms with Gasteiger partial charge in [-0.3, -0.25) is 9.59 Å². The number of Topliss-reactive ketones (excluding diaryl/α,β-unsaturated/α-hetero) is 1. The highest BCUT2D eigenvalue weighted by atomic mass is 16.5. The fourth-order valence-electron chi connectivity index (χ4n) is 7.68. The van der Waals surface area contributed by atoms with Gasteiger partial charge in [0.05, 0.1) is 6.61 Å². The second-order valence-electron chi connectivity index (χ2n) is 9.40. The smallest absolute Gasteiger partial charge is 0.190 e. The van der Waals surface area contributed by atoms with Crippen LogP contribution in [0, 0.1) is 28.6 Å². The van der Waals surface area contributed by atoms with Crippen LogP contribution >= 0.6 is 0 Å². The number of carbonyl (C=O) groups excluding carboxylic acids is 2. The molecule has 0 bridgehead atoms. The molecule has 1 heterocycles. The van der Waals surface area contributed by atoms with Crippen molar-refractivity contribution in [3.05, 3.63) is 11.6 Å². The fraction of sp³-hybridized carbons (Fsp3) is 0.810. The second-order valence-corrected chi connectivity index (χ2v) is 9.40. The standard InChI is InChI=1S/C21H28O4/c1-19-7-4-14(23)10-13(19)2-3-15-16(19)5-8-20-12-25-21(20,18(24)11-22)9-6-17(15)20/h10,15-17,22H,2-9,11-12H2,1H3/t15-,16?,17+,19+,20-,21+/m1/s1. The molecule has 0 aromatic heterocycles. The van der Waals surface area contributed by atoms with E-state index in [0.29, 0.717) is 36.6 Å². The minimum Gasteiger partial charge on any atom is -0.388 e. The molecule has 4 nitrogen and oxygen atoms in total. The summed E-state index contributed by atoms with van der Waals surface area (Å²) in [5.41, 5.74) is 0.865. The third kappa shape index (κ3) is 1.76. The Kier molecular flexibility index (Phi) is 3.26. The van der Waals surface area contributed by atoms with Gasteiger partial charge in [-0.2, -0.15) is 0 Å². The number of allylic oxidation sites excluding steroid dienone is 1. The molecule has 3 saturated carbocycles. The van der Waals surface area contributed by atoms with Gasteiger partial charge in [-0.15, -0.1) is 0 Å². The van der Waals surface area contributed by atoms with Gasteiger partial charge in [-0.25, -0.2) is 0 Å². The van der Waals surface area contributed by atoms with Crippen molar-refractivity contribution in [3.63, 3.8) is 0 Å². The van der Waals surface area contributed by atoms with Gasteiger partial charge in [-0.05, 0) is 74.2 Å². The summed E-state index contributed by atoms with van der Waals surface area (Å²) in [5.74, 6) is 2.04. The van der Waals surface area contributed by atoms with E-state index in [1.54, 1.807) is 0 Å². The lowest BCUT2D eigenvalue weighted by Gasteiger charge is -2.64. The molecule has 136 valence electrons. The first-order valence-corrected chi connectivity index (χ1v) is 9.99. The number of rotatable bonds is 2. The monoisotopic (exact) mass is 344 g/mol. The third-order valence-electron chi connectivity index (χ3n) is 8.95. The molecular formula is C21H28O4. The van der Waals surface area contributed by atoms with Gasteiger partial charge in [0.1, 0.15) is 12.2 Å². The van der Waals surface area contributed by atoms with Gasteiger partial charge in [0.25, 0.3) is 0 Å². The molecule has 1 spiro atoms. The van der Waals surface area contributed by atoms with Crippen molar-refractivity contribution in [3.8, 4) is 0 Å². The first-order valence-electron chi connectivity index (χ1n) is 9.99. The van der Waals surface area contributed by atoms with Gasteiger partial charge in [0.15, 0.2) is 11.6 Å². The van der Waals surface area contributed by atoms with Crippen LogP contribution in [0.4, 0.5) is 0 Å². The maximum atomic E-state index is 12.5. The van der Waals surface area contributed by atoms with Gasteiger partial charge in [0.2, 0.25) is 0 Å². The summed E-state index contributed by atoms with van der Waals surface area (Å²) in [6.45, 7) is 2.69. The summed E-state index contributed by atoms with van der Waals surface area (Å²) < 4.78 is 5.92. The van der Waals surface area contributed by atoms with Crippen LogP contribution in [0.5, 0.6) is 0 Å². The number of hydrogen-bond donors (Lipinski definition) is 1. The number of ether oxygens (including phenoxy) is 1. The summed E-state index contributed by atoms with van der Waals surface area (Å²) in [6.07, 6.45) is 9.84. The van der Waals surface area contributed by atoms with E-state index in [1.807, 2.05) is 6.08 Å². The molecule has 4 heteroatoms. The molecule has 1 unspecified atom stereocenters. The summed E-state index contributed by atoms with van der Waals surface area (Å²) in [6, 6.07) is 0. The van der Waals surface area contributed by atoms with E-state index in [9.17, 15) is 14.7 Å². The van der Waals surface area contributed by atoms with Crippen molar-refractivity contribution in [1.82, 2.24) is 0 Å². The minimum atomic E-state index is -0.684. The van der Waals surface area contributed by atoms with E-state index in [2.05, 4.69) is 6.92 Å². The largest absolute Gasteiger partial charge is 0.388 e. The number of aliphatic hydroxyl groups excluding tert-OH is 1. The average molecular weight is 344 g/mol. The van der Waals surface area contributed by atoms with Gasteiger partial charge < -0.3 is 9.84 Å². The van der Waals surface area contributed by atoms with Crippen LogP contribution in [0.25, 0.3) is 0 Å². The SMILES string of the molecule is C[C@]12CCC(=O)C=C1CC[C@@H]1C2CC[C@]23CO[C@]2(C(=O)CO)CC[C@@H]13. The molecular weight excluding hydrogens is 316 g/mol. The molecule has 0 aromatic carbocycles. The molecule has 25 heavy (non-hydrogen) atoms. The highest BCUT2D eigenvalue weighted by molar-refractivity contribution is 5.92. The average Bonchev–Trinajstić information content (AvgIpc) is 2.83. The summed E-state index contributed by atoms with van der Waals surface area (Å²) in [4.78, 5) is 24.4. The van der Waals surface area contributed by atoms with Crippen molar-refractivity contribution in [1.29, 1.82) is 0 Å². The van der Waals surface area contributed by atoms with Crippen LogP contribution in [-0.2, 0) is 14.3 Å². The normalized spacial score (nSPS) is 50.7. The lowest BCUT2D eigenvalue weighted by atomic mass is 9.45. The topological polar surface area (TPSA) is 63.6 Å². The van der Waals surface area contributed by atoms with Crippen molar-refractivity contribution in [2.45, 2.75) is 63.9 Å². The molecule has 5 aliphatic rings. The lowest BCUT2D eigenvalue weighted by Crippen LogP contribution is -2.69. The van der Waals surface area contributed by atoms with Crippen molar-refractivity contribution in [2.24, 2.45) is 28.6 Å². The highest BCUT2D eigenvalue weighted by Crippen LogP contribution is 2.71. The number of aliphatic hydroxyl groups is 1. The van der Waals surface area contributed by atoms with E-state index in [4.69, 9.17) is 4.74 Å². The zero-order chi connectivity index (χ0) is 17.4. The zero-order valence-electron chi connectivity index (χ0n) is 15.1. The molecule has 0 amide bonds. The predicted molar refractivity (Wildman–Crippen MR) is 91.8 cm³/mol. The van der Waals surface area contributed by atoms with E-state index < -0.39 is 12.2 Å². The molecule has 5 rings (SSSR count). The first kappa shape index (κ1) is 16.2. The summed E-state index contributed by atoms with van der Waals surface area (Å²) in [7, 11) is 0. The fourth-order valence-corrected chi connectivity index (χ4v) is 7.68. The van der Waals surface area contributed by atoms with Crippen molar-refractivity contribution < 1.29 is 19.4 Å². The molecule has 4 aliphatic carbocycles. The highest BCUT2D eigenvalue weighted by Gasteiger charge is 2.74. The van der Waals surface area contributed by atoms with E-state index in [0.717, 1.165) is 44.9 Å². The number of ketones is 2. The lowest BCUT2D eigenvalue weighted by molar-refractivity contribution is -0.274.